The molecule has 90 valence electrons. The highest BCUT2D eigenvalue weighted by molar-refractivity contribution is 5.94. The average Bonchev–Trinajstić information content (AvgIpc) is 2.91. The van der Waals surface area contributed by atoms with Gasteiger partial charge in [-0.3, -0.25) is 4.79 Å². The zero-order chi connectivity index (χ0) is 11.8. The molecule has 1 aromatic carbocycles. The normalized spacial score (nSPS) is 30.5. The van der Waals surface area contributed by atoms with Crippen molar-refractivity contribution < 1.29 is 4.79 Å². The number of carbonyl (C=O) groups excluding carboxylic acids is 1. The topological polar surface area (TPSA) is 29.1 Å². The van der Waals surface area contributed by atoms with Gasteiger partial charge in [-0.15, -0.1) is 0 Å². The summed E-state index contributed by atoms with van der Waals surface area (Å²) in [6.07, 6.45) is 5.21. The number of amides is 1. The maximum atomic E-state index is 12.1. The summed E-state index contributed by atoms with van der Waals surface area (Å²) in [6, 6.07) is 8.25. The SMILES string of the molecule is Cc1ccc(C(=O)N[C@@H]2C[C@@H]3CC[C@H]2C3)cc1. The lowest BCUT2D eigenvalue weighted by Crippen LogP contribution is -2.38. The van der Waals surface area contributed by atoms with Crippen molar-refractivity contribution in [3.8, 4) is 0 Å². The first-order valence-corrected chi connectivity index (χ1v) is 6.60. The van der Waals surface area contributed by atoms with E-state index in [0.29, 0.717) is 6.04 Å². The van der Waals surface area contributed by atoms with Crippen LogP contribution in [0.2, 0.25) is 0 Å². The number of hydrogen-bond donors (Lipinski definition) is 1. The number of nitrogens with one attached hydrogen (secondary N) is 1. The zero-order valence-corrected chi connectivity index (χ0v) is 10.3. The number of hydrogen-bond acceptors (Lipinski definition) is 1. The summed E-state index contributed by atoms with van der Waals surface area (Å²) in [4.78, 5) is 12.1. The van der Waals surface area contributed by atoms with E-state index in [2.05, 4.69) is 5.32 Å². The van der Waals surface area contributed by atoms with Crippen molar-refractivity contribution in [1.82, 2.24) is 5.32 Å². The molecule has 3 rings (SSSR count). The van der Waals surface area contributed by atoms with Gasteiger partial charge in [0.1, 0.15) is 0 Å². The van der Waals surface area contributed by atoms with Gasteiger partial charge < -0.3 is 5.32 Å². The minimum atomic E-state index is 0.0996. The lowest BCUT2D eigenvalue weighted by Gasteiger charge is -2.22. The molecule has 0 aliphatic heterocycles. The fourth-order valence-corrected chi connectivity index (χ4v) is 3.38. The summed E-state index contributed by atoms with van der Waals surface area (Å²) in [6.45, 7) is 2.04. The lowest BCUT2D eigenvalue weighted by atomic mass is 9.95. The summed E-state index contributed by atoms with van der Waals surface area (Å²) in [5.74, 6) is 1.72. The molecule has 0 aromatic heterocycles. The average molecular weight is 229 g/mol. The molecular formula is C15H19NO. The fourth-order valence-electron chi connectivity index (χ4n) is 3.38. The quantitative estimate of drug-likeness (QED) is 0.830. The molecule has 1 aromatic rings. The molecule has 0 spiro atoms. The molecule has 2 aliphatic carbocycles. The molecule has 2 aliphatic rings. The molecule has 2 fully saturated rings. The van der Waals surface area contributed by atoms with Crippen molar-refractivity contribution in [3.63, 3.8) is 0 Å². The standard InChI is InChI=1S/C15H19NO/c1-10-2-5-12(6-3-10)15(17)16-14-9-11-4-7-13(14)8-11/h2-3,5-6,11,13-14H,4,7-9H2,1H3,(H,16,17)/t11-,13+,14-/m1/s1. The monoisotopic (exact) mass is 229 g/mol. The summed E-state index contributed by atoms with van der Waals surface area (Å²) in [5.41, 5.74) is 1.99. The van der Waals surface area contributed by atoms with Gasteiger partial charge in [0.2, 0.25) is 0 Å². The van der Waals surface area contributed by atoms with Gasteiger partial charge in [-0.05, 0) is 50.2 Å². The van der Waals surface area contributed by atoms with Crippen LogP contribution in [0.1, 0.15) is 41.6 Å². The first kappa shape index (κ1) is 10.8. The van der Waals surface area contributed by atoms with Crippen LogP contribution in [-0.4, -0.2) is 11.9 Å². The summed E-state index contributed by atoms with van der Waals surface area (Å²) < 4.78 is 0. The van der Waals surface area contributed by atoms with E-state index in [4.69, 9.17) is 0 Å². The van der Waals surface area contributed by atoms with Crippen LogP contribution in [0.15, 0.2) is 24.3 Å². The van der Waals surface area contributed by atoms with E-state index < -0.39 is 0 Å². The van der Waals surface area contributed by atoms with Crippen molar-refractivity contribution in [1.29, 1.82) is 0 Å². The Hall–Kier alpha value is -1.31. The first-order chi connectivity index (χ1) is 8.22. The molecule has 0 radical (unpaired) electrons. The fraction of sp³-hybridized carbons (Fsp3) is 0.533. The van der Waals surface area contributed by atoms with E-state index in [1.54, 1.807) is 0 Å². The molecule has 2 saturated carbocycles. The zero-order valence-electron chi connectivity index (χ0n) is 10.3. The highest BCUT2D eigenvalue weighted by Gasteiger charge is 2.40. The molecular weight excluding hydrogens is 210 g/mol. The van der Waals surface area contributed by atoms with Crippen LogP contribution in [0.4, 0.5) is 0 Å². The number of carbonyl (C=O) groups is 1. The molecule has 2 heteroatoms. The molecule has 2 bridgehead atoms. The Morgan fingerprint density at radius 3 is 2.53 bits per heavy atom. The second-order valence-corrected chi connectivity index (χ2v) is 5.62. The van der Waals surface area contributed by atoms with Gasteiger partial charge in [-0.2, -0.15) is 0 Å². The largest absolute Gasteiger partial charge is 0.349 e. The molecule has 1 N–H and O–H groups in total. The van der Waals surface area contributed by atoms with Crippen molar-refractivity contribution in [2.75, 3.05) is 0 Å². The minimum absolute atomic E-state index is 0.0996. The predicted molar refractivity (Wildman–Crippen MR) is 67.9 cm³/mol. The van der Waals surface area contributed by atoms with Crippen LogP contribution in [0.3, 0.4) is 0 Å². The Kier molecular flexibility index (Phi) is 2.65. The smallest absolute Gasteiger partial charge is 0.251 e. The first-order valence-electron chi connectivity index (χ1n) is 6.60. The van der Waals surface area contributed by atoms with Gasteiger partial charge in [0.05, 0.1) is 0 Å². The Labute approximate surface area is 102 Å². The van der Waals surface area contributed by atoms with E-state index in [0.717, 1.165) is 17.4 Å². The second-order valence-electron chi connectivity index (χ2n) is 5.62. The van der Waals surface area contributed by atoms with E-state index in [-0.39, 0.29) is 5.91 Å². The maximum absolute atomic E-state index is 12.1. The highest BCUT2D eigenvalue weighted by Crippen LogP contribution is 2.44. The number of rotatable bonds is 2. The summed E-state index contributed by atoms with van der Waals surface area (Å²) in [7, 11) is 0. The van der Waals surface area contributed by atoms with Crippen LogP contribution < -0.4 is 5.32 Å². The number of aryl methyl sites for hydroxylation is 1. The summed E-state index contributed by atoms with van der Waals surface area (Å²) in [5, 5.41) is 3.21. The van der Waals surface area contributed by atoms with Gasteiger partial charge in [0.15, 0.2) is 0 Å². The van der Waals surface area contributed by atoms with E-state index >= 15 is 0 Å². The van der Waals surface area contributed by atoms with E-state index in [1.165, 1.54) is 31.2 Å². The highest BCUT2D eigenvalue weighted by atomic mass is 16.1. The van der Waals surface area contributed by atoms with Gasteiger partial charge in [-0.1, -0.05) is 24.1 Å². The van der Waals surface area contributed by atoms with E-state index in [1.807, 2.05) is 31.2 Å². The Balaban J connectivity index is 1.65. The van der Waals surface area contributed by atoms with Gasteiger partial charge in [0, 0.05) is 11.6 Å². The Morgan fingerprint density at radius 1 is 1.18 bits per heavy atom. The minimum Gasteiger partial charge on any atom is -0.349 e. The molecule has 0 saturated heterocycles. The van der Waals surface area contributed by atoms with Crippen LogP contribution in [0, 0.1) is 18.8 Å². The molecule has 17 heavy (non-hydrogen) atoms. The maximum Gasteiger partial charge on any atom is 0.251 e. The molecule has 0 unspecified atom stereocenters. The van der Waals surface area contributed by atoms with Gasteiger partial charge in [0.25, 0.3) is 5.91 Å². The van der Waals surface area contributed by atoms with Crippen LogP contribution in [-0.2, 0) is 0 Å². The number of benzene rings is 1. The van der Waals surface area contributed by atoms with Crippen molar-refractivity contribution in [3.05, 3.63) is 35.4 Å². The van der Waals surface area contributed by atoms with Gasteiger partial charge >= 0.3 is 0 Å². The van der Waals surface area contributed by atoms with Gasteiger partial charge in [-0.25, -0.2) is 0 Å². The third-order valence-electron chi connectivity index (χ3n) is 4.37. The van der Waals surface area contributed by atoms with Crippen molar-refractivity contribution >= 4 is 5.91 Å². The third kappa shape index (κ3) is 2.08. The van der Waals surface area contributed by atoms with Crippen molar-refractivity contribution in [2.24, 2.45) is 11.8 Å². The van der Waals surface area contributed by atoms with Crippen LogP contribution >= 0.6 is 0 Å². The number of fused-ring (bicyclic) bond motifs is 2. The van der Waals surface area contributed by atoms with Crippen LogP contribution in [0.25, 0.3) is 0 Å². The third-order valence-corrected chi connectivity index (χ3v) is 4.37. The second kappa shape index (κ2) is 4.17. The Morgan fingerprint density at radius 2 is 1.94 bits per heavy atom. The molecule has 2 nitrogen and oxygen atoms in total. The van der Waals surface area contributed by atoms with Crippen LogP contribution in [0.5, 0.6) is 0 Å². The Bertz CT molecular complexity index is 423. The van der Waals surface area contributed by atoms with Crippen molar-refractivity contribution in [2.45, 2.75) is 38.6 Å². The van der Waals surface area contributed by atoms with E-state index in [9.17, 15) is 4.79 Å². The molecule has 3 atom stereocenters. The summed E-state index contributed by atoms with van der Waals surface area (Å²) >= 11 is 0. The molecule has 0 heterocycles. The molecule has 1 amide bonds. The lowest BCUT2D eigenvalue weighted by molar-refractivity contribution is 0.0923. The predicted octanol–water partition coefficient (Wildman–Crippen LogP) is 2.91.